The van der Waals surface area contributed by atoms with E-state index in [1.807, 2.05) is 24.3 Å². The molecule has 0 bridgehead atoms. The molecule has 0 spiro atoms. The number of alkyl halides is 3. The molecule has 0 aliphatic rings. The standard InChI is InChI=1S/C19H15BrF3N3O2/c1-11-17(12(2)26(25-11)15-8-6-13(20)7-9-15)18(27)24-14-4-3-5-16(10-14)28-19(21,22)23/h3-10H,1-2H3,(H,24,27). The smallest absolute Gasteiger partial charge is 0.406 e. The number of aromatic nitrogens is 2. The van der Waals surface area contributed by atoms with Crippen LogP contribution in [0.4, 0.5) is 18.9 Å². The molecule has 146 valence electrons. The fourth-order valence-corrected chi connectivity index (χ4v) is 3.03. The second kappa shape index (κ2) is 7.67. The van der Waals surface area contributed by atoms with Crippen molar-refractivity contribution in [3.05, 3.63) is 70.0 Å². The largest absolute Gasteiger partial charge is 0.573 e. The van der Waals surface area contributed by atoms with E-state index in [1.54, 1.807) is 18.5 Å². The summed E-state index contributed by atoms with van der Waals surface area (Å²) in [6, 6.07) is 12.5. The molecular weight excluding hydrogens is 439 g/mol. The molecule has 0 unspecified atom stereocenters. The Balaban J connectivity index is 1.86. The van der Waals surface area contributed by atoms with Crippen molar-refractivity contribution in [2.45, 2.75) is 20.2 Å². The summed E-state index contributed by atoms with van der Waals surface area (Å²) in [6.07, 6.45) is -4.80. The Morgan fingerprint density at radius 2 is 1.82 bits per heavy atom. The number of ether oxygens (including phenoxy) is 1. The highest BCUT2D eigenvalue weighted by molar-refractivity contribution is 9.10. The molecule has 0 saturated heterocycles. The Bertz CT molecular complexity index is 1010. The van der Waals surface area contributed by atoms with Crippen molar-refractivity contribution < 1.29 is 22.7 Å². The van der Waals surface area contributed by atoms with E-state index < -0.39 is 18.0 Å². The average molecular weight is 454 g/mol. The summed E-state index contributed by atoms with van der Waals surface area (Å²) >= 11 is 3.37. The molecule has 28 heavy (non-hydrogen) atoms. The van der Waals surface area contributed by atoms with Gasteiger partial charge in [0.1, 0.15) is 5.75 Å². The Hall–Kier alpha value is -2.81. The van der Waals surface area contributed by atoms with Crippen LogP contribution >= 0.6 is 15.9 Å². The molecule has 0 radical (unpaired) electrons. The van der Waals surface area contributed by atoms with E-state index in [4.69, 9.17) is 0 Å². The number of nitrogens with one attached hydrogen (secondary N) is 1. The SMILES string of the molecule is Cc1nn(-c2ccc(Br)cc2)c(C)c1C(=O)Nc1cccc(OC(F)(F)F)c1. The zero-order valence-corrected chi connectivity index (χ0v) is 16.4. The molecule has 3 aromatic rings. The summed E-state index contributed by atoms with van der Waals surface area (Å²) in [5.41, 5.74) is 2.43. The molecule has 1 N–H and O–H groups in total. The first-order valence-corrected chi connectivity index (χ1v) is 8.92. The molecule has 9 heteroatoms. The molecule has 1 aromatic heterocycles. The third-order valence-corrected chi connectivity index (χ3v) is 4.44. The molecule has 5 nitrogen and oxygen atoms in total. The zero-order chi connectivity index (χ0) is 20.5. The maximum atomic E-state index is 12.7. The maximum absolute atomic E-state index is 12.7. The molecule has 0 fully saturated rings. The Labute approximate surface area is 167 Å². The van der Waals surface area contributed by atoms with Crippen LogP contribution in [0.3, 0.4) is 0 Å². The number of nitrogens with zero attached hydrogens (tertiary/aromatic N) is 2. The quantitative estimate of drug-likeness (QED) is 0.574. The van der Waals surface area contributed by atoms with Crippen molar-refractivity contribution in [2.75, 3.05) is 5.32 Å². The van der Waals surface area contributed by atoms with Crippen molar-refractivity contribution in [3.8, 4) is 11.4 Å². The first-order chi connectivity index (χ1) is 13.1. The first kappa shape index (κ1) is 19.9. The number of hydrogen-bond acceptors (Lipinski definition) is 3. The number of halogens is 4. The highest BCUT2D eigenvalue weighted by atomic mass is 79.9. The van der Waals surface area contributed by atoms with Crippen molar-refractivity contribution in [1.29, 1.82) is 0 Å². The van der Waals surface area contributed by atoms with Gasteiger partial charge in [-0.25, -0.2) is 4.68 Å². The van der Waals surface area contributed by atoms with E-state index in [0.717, 1.165) is 22.3 Å². The number of carbonyl (C=O) groups excluding carboxylic acids is 1. The minimum Gasteiger partial charge on any atom is -0.406 e. The van der Waals surface area contributed by atoms with E-state index in [2.05, 4.69) is 31.1 Å². The topological polar surface area (TPSA) is 56.2 Å². The second-order valence-corrected chi connectivity index (χ2v) is 6.88. The van der Waals surface area contributed by atoms with Gasteiger partial charge in [-0.15, -0.1) is 13.2 Å². The lowest BCUT2D eigenvalue weighted by atomic mass is 10.1. The van der Waals surface area contributed by atoms with Crippen LogP contribution in [0.15, 0.2) is 53.0 Å². The molecule has 3 rings (SSSR count). The molecule has 0 atom stereocenters. The predicted octanol–water partition coefficient (Wildman–Crippen LogP) is 5.40. The number of aryl methyl sites for hydroxylation is 1. The van der Waals surface area contributed by atoms with Gasteiger partial charge < -0.3 is 10.1 Å². The van der Waals surface area contributed by atoms with Crippen molar-refractivity contribution in [3.63, 3.8) is 0 Å². The van der Waals surface area contributed by atoms with Crippen LogP contribution in [0.2, 0.25) is 0 Å². The van der Waals surface area contributed by atoms with Gasteiger partial charge in [0.15, 0.2) is 0 Å². The minimum atomic E-state index is -4.80. The third kappa shape index (κ3) is 4.53. The number of anilines is 1. The fourth-order valence-electron chi connectivity index (χ4n) is 2.77. The number of amides is 1. The maximum Gasteiger partial charge on any atom is 0.573 e. The van der Waals surface area contributed by atoms with Crippen LogP contribution in [0.5, 0.6) is 5.75 Å². The number of benzene rings is 2. The summed E-state index contributed by atoms with van der Waals surface area (Å²) < 4.78 is 43.5. The molecular formula is C19H15BrF3N3O2. The Morgan fingerprint density at radius 3 is 2.46 bits per heavy atom. The fraction of sp³-hybridized carbons (Fsp3) is 0.158. The minimum absolute atomic E-state index is 0.182. The van der Waals surface area contributed by atoms with Gasteiger partial charge in [-0.2, -0.15) is 5.10 Å². The lowest BCUT2D eigenvalue weighted by Crippen LogP contribution is -2.18. The number of rotatable bonds is 4. The summed E-state index contributed by atoms with van der Waals surface area (Å²) in [7, 11) is 0. The van der Waals surface area contributed by atoms with Gasteiger partial charge in [0.25, 0.3) is 5.91 Å². The van der Waals surface area contributed by atoms with Gasteiger partial charge in [0.2, 0.25) is 0 Å². The van der Waals surface area contributed by atoms with E-state index >= 15 is 0 Å². The lowest BCUT2D eigenvalue weighted by molar-refractivity contribution is -0.274. The number of carbonyl (C=O) groups is 1. The van der Waals surface area contributed by atoms with Crippen LogP contribution in [0, 0.1) is 13.8 Å². The molecule has 0 saturated carbocycles. The third-order valence-electron chi connectivity index (χ3n) is 3.92. The second-order valence-electron chi connectivity index (χ2n) is 5.96. The summed E-state index contributed by atoms with van der Waals surface area (Å²) in [4.78, 5) is 12.7. The molecule has 0 aliphatic carbocycles. The summed E-state index contributed by atoms with van der Waals surface area (Å²) in [5, 5.41) is 7.00. The summed E-state index contributed by atoms with van der Waals surface area (Å²) in [6.45, 7) is 3.45. The lowest BCUT2D eigenvalue weighted by Gasteiger charge is -2.11. The van der Waals surface area contributed by atoms with Crippen molar-refractivity contribution in [2.24, 2.45) is 0 Å². The van der Waals surface area contributed by atoms with E-state index in [1.165, 1.54) is 12.1 Å². The highest BCUT2D eigenvalue weighted by Crippen LogP contribution is 2.26. The van der Waals surface area contributed by atoms with Gasteiger partial charge >= 0.3 is 6.36 Å². The van der Waals surface area contributed by atoms with Crippen LogP contribution in [-0.4, -0.2) is 22.1 Å². The molecule has 1 heterocycles. The van der Waals surface area contributed by atoms with Gasteiger partial charge in [-0.3, -0.25) is 4.79 Å². The molecule has 1 amide bonds. The monoisotopic (exact) mass is 453 g/mol. The predicted molar refractivity (Wildman–Crippen MR) is 102 cm³/mol. The molecule has 0 aliphatic heterocycles. The number of hydrogen-bond donors (Lipinski definition) is 1. The van der Waals surface area contributed by atoms with Gasteiger partial charge in [-0.1, -0.05) is 22.0 Å². The van der Waals surface area contributed by atoms with Crippen LogP contribution in [-0.2, 0) is 0 Å². The van der Waals surface area contributed by atoms with Crippen molar-refractivity contribution in [1.82, 2.24) is 9.78 Å². The van der Waals surface area contributed by atoms with Crippen molar-refractivity contribution >= 4 is 27.5 Å². The van der Waals surface area contributed by atoms with E-state index in [9.17, 15) is 18.0 Å². The van der Waals surface area contributed by atoms with E-state index in [0.29, 0.717) is 17.0 Å². The van der Waals surface area contributed by atoms with Gasteiger partial charge in [-0.05, 0) is 50.2 Å². The van der Waals surface area contributed by atoms with Crippen LogP contribution in [0.25, 0.3) is 5.69 Å². The normalized spacial score (nSPS) is 11.4. The van der Waals surface area contributed by atoms with E-state index in [-0.39, 0.29) is 5.69 Å². The Morgan fingerprint density at radius 1 is 1.14 bits per heavy atom. The van der Waals surface area contributed by atoms with Crippen LogP contribution < -0.4 is 10.1 Å². The van der Waals surface area contributed by atoms with Gasteiger partial charge in [0, 0.05) is 16.2 Å². The Kier molecular flexibility index (Phi) is 5.46. The first-order valence-electron chi connectivity index (χ1n) is 8.13. The van der Waals surface area contributed by atoms with Crippen LogP contribution in [0.1, 0.15) is 21.7 Å². The zero-order valence-electron chi connectivity index (χ0n) is 14.8. The van der Waals surface area contributed by atoms with Gasteiger partial charge in [0.05, 0.1) is 22.6 Å². The highest BCUT2D eigenvalue weighted by Gasteiger charge is 2.31. The average Bonchev–Trinajstić information content (AvgIpc) is 2.89. The molecule has 2 aromatic carbocycles. The summed E-state index contributed by atoms with van der Waals surface area (Å²) in [5.74, 6) is -0.883.